The molecule has 0 aromatic heterocycles. The van der Waals surface area contributed by atoms with E-state index in [4.69, 9.17) is 0 Å². The van der Waals surface area contributed by atoms with Crippen molar-refractivity contribution in [2.45, 2.75) is 20.3 Å². The van der Waals surface area contributed by atoms with Crippen LogP contribution in [0.25, 0.3) is 0 Å². The van der Waals surface area contributed by atoms with Crippen molar-refractivity contribution in [3.05, 3.63) is 34.9 Å². The third-order valence-electron chi connectivity index (χ3n) is 2.28. The number of carbonyl (C=O) groups is 1. The van der Waals surface area contributed by atoms with E-state index in [2.05, 4.69) is 5.32 Å². The fourth-order valence-corrected chi connectivity index (χ4v) is 1.50. The number of rotatable bonds is 4. The molecule has 1 rings (SSSR count). The molecule has 76 valence electrons. The predicted octanol–water partition coefficient (Wildman–Crippen LogP) is 2.10. The molecule has 0 amide bonds. The predicted molar refractivity (Wildman–Crippen MR) is 58.8 cm³/mol. The maximum Gasteiger partial charge on any atom is 0.164 e. The minimum Gasteiger partial charge on any atom is -0.319 e. The van der Waals surface area contributed by atoms with Crippen molar-refractivity contribution in [1.29, 1.82) is 0 Å². The second kappa shape index (κ2) is 4.91. The largest absolute Gasteiger partial charge is 0.319 e. The molecule has 1 N–H and O–H groups in total. The van der Waals surface area contributed by atoms with Gasteiger partial charge < -0.3 is 5.32 Å². The molecule has 0 heterocycles. The lowest BCUT2D eigenvalue weighted by molar-refractivity contribution is 0.0982. The highest BCUT2D eigenvalue weighted by molar-refractivity contribution is 5.97. The number of Topliss-reactive ketones (excluding diaryl/α,β-unsaturated/α-hetero) is 1. The number of nitrogens with one attached hydrogen (secondary N) is 1. The zero-order chi connectivity index (χ0) is 10.6. The van der Waals surface area contributed by atoms with Gasteiger partial charge in [0, 0.05) is 18.5 Å². The maximum atomic E-state index is 11.7. The summed E-state index contributed by atoms with van der Waals surface area (Å²) in [5.74, 6) is 0.219. The van der Waals surface area contributed by atoms with Crippen LogP contribution in [-0.2, 0) is 0 Å². The molecule has 0 radical (unpaired) electrons. The Morgan fingerprint density at radius 2 is 2.07 bits per heavy atom. The Bertz CT molecular complexity index is 331. The van der Waals surface area contributed by atoms with Crippen LogP contribution < -0.4 is 5.32 Å². The average Bonchev–Trinajstić information content (AvgIpc) is 2.14. The van der Waals surface area contributed by atoms with Gasteiger partial charge in [0.15, 0.2) is 5.78 Å². The van der Waals surface area contributed by atoms with E-state index in [9.17, 15) is 4.79 Å². The summed E-state index contributed by atoms with van der Waals surface area (Å²) in [6, 6.07) is 5.95. The molecule has 14 heavy (non-hydrogen) atoms. The van der Waals surface area contributed by atoms with Gasteiger partial charge in [0.2, 0.25) is 0 Å². The molecule has 0 atom stereocenters. The monoisotopic (exact) mass is 191 g/mol. The third-order valence-corrected chi connectivity index (χ3v) is 2.28. The van der Waals surface area contributed by atoms with Gasteiger partial charge >= 0.3 is 0 Å². The Morgan fingerprint density at radius 3 is 2.64 bits per heavy atom. The molecule has 2 heteroatoms. The molecule has 2 nitrogen and oxygen atoms in total. The van der Waals surface area contributed by atoms with Crippen molar-refractivity contribution in [2.75, 3.05) is 13.6 Å². The molecule has 0 saturated heterocycles. The summed E-state index contributed by atoms with van der Waals surface area (Å²) in [6.07, 6.45) is 0.570. The molecular formula is C12H17NO. The third kappa shape index (κ3) is 2.67. The Hall–Kier alpha value is -1.15. The summed E-state index contributed by atoms with van der Waals surface area (Å²) < 4.78 is 0. The molecule has 0 bridgehead atoms. The smallest absolute Gasteiger partial charge is 0.164 e. The molecule has 0 unspecified atom stereocenters. The molecule has 0 spiro atoms. The van der Waals surface area contributed by atoms with E-state index in [0.717, 1.165) is 17.7 Å². The lowest BCUT2D eigenvalue weighted by atomic mass is 10.0. The van der Waals surface area contributed by atoms with Crippen LogP contribution in [0.1, 0.15) is 27.9 Å². The second-order valence-corrected chi connectivity index (χ2v) is 3.60. The van der Waals surface area contributed by atoms with Crippen LogP contribution in [-0.4, -0.2) is 19.4 Å². The van der Waals surface area contributed by atoms with E-state index in [-0.39, 0.29) is 5.78 Å². The quantitative estimate of drug-likeness (QED) is 0.738. The maximum absolute atomic E-state index is 11.7. The van der Waals surface area contributed by atoms with E-state index < -0.39 is 0 Å². The van der Waals surface area contributed by atoms with Gasteiger partial charge in [0.1, 0.15) is 0 Å². The van der Waals surface area contributed by atoms with Gasteiger partial charge in [-0.3, -0.25) is 4.79 Å². The molecule has 0 aliphatic heterocycles. The summed E-state index contributed by atoms with van der Waals surface area (Å²) in [4.78, 5) is 11.7. The Kier molecular flexibility index (Phi) is 3.84. The minimum absolute atomic E-state index is 0.219. The second-order valence-electron chi connectivity index (χ2n) is 3.60. The highest BCUT2D eigenvalue weighted by Gasteiger charge is 2.07. The number of benzene rings is 1. The number of ketones is 1. The van der Waals surface area contributed by atoms with Gasteiger partial charge in [0.05, 0.1) is 0 Å². The molecular weight excluding hydrogens is 174 g/mol. The van der Waals surface area contributed by atoms with Crippen LogP contribution in [0.5, 0.6) is 0 Å². The summed E-state index contributed by atoms with van der Waals surface area (Å²) in [5, 5.41) is 2.98. The Balaban J connectivity index is 2.80. The highest BCUT2D eigenvalue weighted by Crippen LogP contribution is 2.12. The zero-order valence-electron chi connectivity index (χ0n) is 9.05. The molecule has 1 aromatic carbocycles. The van der Waals surface area contributed by atoms with Gasteiger partial charge in [-0.25, -0.2) is 0 Å². The minimum atomic E-state index is 0.219. The highest BCUT2D eigenvalue weighted by atomic mass is 16.1. The van der Waals surface area contributed by atoms with Crippen LogP contribution >= 0.6 is 0 Å². The summed E-state index contributed by atoms with van der Waals surface area (Å²) in [6.45, 7) is 4.76. The topological polar surface area (TPSA) is 29.1 Å². The first kappa shape index (κ1) is 10.9. The van der Waals surface area contributed by atoms with Crippen LogP contribution in [0.4, 0.5) is 0 Å². The average molecular weight is 191 g/mol. The van der Waals surface area contributed by atoms with Crippen LogP contribution in [0, 0.1) is 13.8 Å². The Morgan fingerprint density at radius 1 is 1.36 bits per heavy atom. The van der Waals surface area contributed by atoms with E-state index in [1.807, 2.05) is 39.1 Å². The van der Waals surface area contributed by atoms with Crippen molar-refractivity contribution < 1.29 is 4.79 Å². The number of hydrogen-bond donors (Lipinski definition) is 1. The van der Waals surface area contributed by atoms with Gasteiger partial charge in [-0.2, -0.15) is 0 Å². The fraction of sp³-hybridized carbons (Fsp3) is 0.417. The van der Waals surface area contributed by atoms with Crippen molar-refractivity contribution in [3.63, 3.8) is 0 Å². The van der Waals surface area contributed by atoms with E-state index in [0.29, 0.717) is 6.42 Å². The number of carbonyl (C=O) groups excluding carboxylic acids is 1. The van der Waals surface area contributed by atoms with Crippen molar-refractivity contribution in [3.8, 4) is 0 Å². The lowest BCUT2D eigenvalue weighted by Crippen LogP contribution is -2.13. The normalized spacial score (nSPS) is 10.2. The van der Waals surface area contributed by atoms with Crippen molar-refractivity contribution >= 4 is 5.78 Å². The fourth-order valence-electron chi connectivity index (χ4n) is 1.50. The molecule has 0 saturated carbocycles. The number of aryl methyl sites for hydroxylation is 2. The molecule has 0 aliphatic carbocycles. The Labute approximate surface area is 85.3 Å². The molecule has 0 aliphatic rings. The van der Waals surface area contributed by atoms with Gasteiger partial charge in [0.25, 0.3) is 0 Å². The first-order valence-corrected chi connectivity index (χ1v) is 4.90. The summed E-state index contributed by atoms with van der Waals surface area (Å²) in [5.41, 5.74) is 3.13. The van der Waals surface area contributed by atoms with E-state index in [1.54, 1.807) is 0 Å². The molecule has 1 aromatic rings. The first-order chi connectivity index (χ1) is 6.65. The van der Waals surface area contributed by atoms with Gasteiger partial charge in [-0.1, -0.05) is 23.8 Å². The van der Waals surface area contributed by atoms with Crippen molar-refractivity contribution in [1.82, 2.24) is 5.32 Å². The van der Waals surface area contributed by atoms with Crippen LogP contribution in [0.15, 0.2) is 18.2 Å². The van der Waals surface area contributed by atoms with E-state index in [1.165, 1.54) is 5.56 Å². The lowest BCUT2D eigenvalue weighted by Gasteiger charge is -2.05. The first-order valence-electron chi connectivity index (χ1n) is 4.90. The van der Waals surface area contributed by atoms with Crippen molar-refractivity contribution in [2.24, 2.45) is 0 Å². The number of hydrogen-bond acceptors (Lipinski definition) is 2. The van der Waals surface area contributed by atoms with E-state index >= 15 is 0 Å². The van der Waals surface area contributed by atoms with Crippen LogP contribution in [0.3, 0.4) is 0 Å². The standard InChI is InChI=1S/C12H17NO/c1-9-4-5-11(10(2)8-9)12(14)6-7-13-3/h4-5,8,13H,6-7H2,1-3H3. The summed E-state index contributed by atoms with van der Waals surface area (Å²) in [7, 11) is 1.86. The van der Waals surface area contributed by atoms with Crippen LogP contribution in [0.2, 0.25) is 0 Å². The van der Waals surface area contributed by atoms with Gasteiger partial charge in [-0.05, 0) is 26.5 Å². The summed E-state index contributed by atoms with van der Waals surface area (Å²) >= 11 is 0. The van der Waals surface area contributed by atoms with Gasteiger partial charge in [-0.15, -0.1) is 0 Å². The zero-order valence-corrected chi connectivity index (χ0v) is 9.05. The SMILES string of the molecule is CNCCC(=O)c1ccc(C)cc1C. The molecule has 0 fully saturated rings.